The van der Waals surface area contributed by atoms with Crippen molar-refractivity contribution < 1.29 is 13.5 Å². The van der Waals surface area contributed by atoms with Crippen molar-refractivity contribution in [2.75, 3.05) is 13.2 Å². The summed E-state index contributed by atoms with van der Waals surface area (Å²) in [6, 6.07) is 15.4. The van der Waals surface area contributed by atoms with Crippen LogP contribution in [0.2, 0.25) is 0 Å². The third-order valence-corrected chi connectivity index (χ3v) is 4.30. The van der Waals surface area contributed by atoms with Crippen LogP contribution in [-0.2, 0) is 13.1 Å². The van der Waals surface area contributed by atoms with Crippen LogP contribution >= 0.6 is 0 Å². The molecule has 3 aromatic rings. The fourth-order valence-electron chi connectivity index (χ4n) is 3.14. The number of fused-ring (bicyclic) bond motifs is 1. The molecule has 122 valence electrons. The highest BCUT2D eigenvalue weighted by Gasteiger charge is 2.22. The standard InChI is InChI=1S/C20H18FNO2/c21-18-7-6-16-13-22(12-15-4-2-1-3-5-15)9-11-24-20(16)19(18)17-8-10-23-14-17/h1-8,10,14H,9,11-13H2. The van der Waals surface area contributed by atoms with Gasteiger partial charge in [0.2, 0.25) is 0 Å². The second-order valence-corrected chi connectivity index (χ2v) is 5.97. The first-order valence-corrected chi connectivity index (χ1v) is 8.04. The molecule has 3 nitrogen and oxygen atoms in total. The highest BCUT2D eigenvalue weighted by Crippen LogP contribution is 2.37. The van der Waals surface area contributed by atoms with Crippen LogP contribution in [0.25, 0.3) is 11.1 Å². The van der Waals surface area contributed by atoms with Crippen LogP contribution in [0.3, 0.4) is 0 Å². The summed E-state index contributed by atoms with van der Waals surface area (Å²) >= 11 is 0. The van der Waals surface area contributed by atoms with Crippen LogP contribution in [0.5, 0.6) is 5.75 Å². The van der Waals surface area contributed by atoms with E-state index in [9.17, 15) is 4.39 Å². The molecule has 0 amide bonds. The number of furan rings is 1. The minimum absolute atomic E-state index is 0.286. The van der Waals surface area contributed by atoms with Crippen LogP contribution < -0.4 is 4.74 Å². The molecular formula is C20H18FNO2. The van der Waals surface area contributed by atoms with Crippen LogP contribution in [0.1, 0.15) is 11.1 Å². The molecule has 0 bridgehead atoms. The van der Waals surface area contributed by atoms with Crippen molar-refractivity contribution in [3.63, 3.8) is 0 Å². The molecule has 4 rings (SSSR count). The Morgan fingerprint density at radius 1 is 1.04 bits per heavy atom. The lowest BCUT2D eigenvalue weighted by Crippen LogP contribution is -2.25. The Kier molecular flexibility index (Phi) is 4.05. The summed E-state index contributed by atoms with van der Waals surface area (Å²) in [7, 11) is 0. The van der Waals surface area contributed by atoms with E-state index in [1.807, 2.05) is 24.3 Å². The summed E-state index contributed by atoms with van der Waals surface area (Å²) in [5, 5.41) is 0. The molecule has 0 unspecified atom stereocenters. The van der Waals surface area contributed by atoms with Crippen molar-refractivity contribution in [1.29, 1.82) is 0 Å². The largest absolute Gasteiger partial charge is 0.491 e. The Bertz CT molecular complexity index is 815. The quantitative estimate of drug-likeness (QED) is 0.710. The Balaban J connectivity index is 1.66. The maximum absolute atomic E-state index is 14.4. The number of hydrogen-bond acceptors (Lipinski definition) is 3. The molecule has 24 heavy (non-hydrogen) atoms. The smallest absolute Gasteiger partial charge is 0.134 e. The molecule has 4 heteroatoms. The van der Waals surface area contributed by atoms with Crippen molar-refractivity contribution in [2.45, 2.75) is 13.1 Å². The van der Waals surface area contributed by atoms with Crippen molar-refractivity contribution in [3.8, 4) is 16.9 Å². The molecule has 0 spiro atoms. The van der Waals surface area contributed by atoms with E-state index in [0.717, 1.165) is 25.2 Å². The van der Waals surface area contributed by atoms with Gasteiger partial charge in [-0.1, -0.05) is 36.4 Å². The zero-order chi connectivity index (χ0) is 16.4. The number of ether oxygens (including phenoxy) is 1. The second kappa shape index (κ2) is 6.49. The SMILES string of the molecule is Fc1ccc2c(c1-c1ccoc1)OCCN(Cc1ccccc1)C2. The normalized spacial score (nSPS) is 14.7. The van der Waals surface area contributed by atoms with Crippen molar-refractivity contribution in [1.82, 2.24) is 4.90 Å². The first kappa shape index (κ1) is 15.0. The van der Waals surface area contributed by atoms with Crippen molar-refractivity contribution in [2.24, 2.45) is 0 Å². The van der Waals surface area contributed by atoms with Crippen LogP contribution in [-0.4, -0.2) is 18.1 Å². The molecule has 0 saturated carbocycles. The maximum atomic E-state index is 14.4. The van der Waals surface area contributed by atoms with E-state index < -0.39 is 0 Å². The van der Waals surface area contributed by atoms with Gasteiger partial charge in [0.15, 0.2) is 0 Å². The van der Waals surface area contributed by atoms with Crippen molar-refractivity contribution in [3.05, 3.63) is 78.0 Å². The van der Waals surface area contributed by atoms with E-state index in [1.165, 1.54) is 11.6 Å². The van der Waals surface area contributed by atoms with E-state index >= 15 is 0 Å². The van der Waals surface area contributed by atoms with Gasteiger partial charge in [-0.05, 0) is 17.7 Å². The Labute approximate surface area is 140 Å². The monoisotopic (exact) mass is 323 g/mol. The van der Waals surface area contributed by atoms with Crippen LogP contribution in [0.15, 0.2) is 65.5 Å². The summed E-state index contributed by atoms with van der Waals surface area (Å²) in [5.74, 6) is 0.346. The molecule has 1 aromatic heterocycles. The summed E-state index contributed by atoms with van der Waals surface area (Å²) < 4.78 is 25.4. The topological polar surface area (TPSA) is 25.6 Å². The van der Waals surface area contributed by atoms with Gasteiger partial charge in [-0.15, -0.1) is 0 Å². The van der Waals surface area contributed by atoms with Crippen molar-refractivity contribution >= 4 is 0 Å². The van der Waals surface area contributed by atoms with Gasteiger partial charge in [0, 0.05) is 30.8 Å². The van der Waals surface area contributed by atoms with Gasteiger partial charge in [-0.2, -0.15) is 0 Å². The lowest BCUT2D eigenvalue weighted by molar-refractivity contribution is 0.220. The number of benzene rings is 2. The van der Waals surface area contributed by atoms with Gasteiger partial charge in [0.05, 0.1) is 18.1 Å². The van der Waals surface area contributed by atoms with Gasteiger partial charge in [0.25, 0.3) is 0 Å². The Morgan fingerprint density at radius 2 is 1.92 bits per heavy atom. The summed E-state index contributed by atoms with van der Waals surface area (Å²) in [4.78, 5) is 2.32. The Morgan fingerprint density at radius 3 is 2.71 bits per heavy atom. The zero-order valence-corrected chi connectivity index (χ0v) is 13.2. The third kappa shape index (κ3) is 2.93. The lowest BCUT2D eigenvalue weighted by atomic mass is 10.0. The molecule has 0 fully saturated rings. The molecule has 0 saturated heterocycles. The molecule has 0 atom stereocenters. The molecule has 1 aliphatic heterocycles. The first-order chi connectivity index (χ1) is 11.8. The predicted octanol–water partition coefficient (Wildman–Crippen LogP) is 4.48. The van der Waals surface area contributed by atoms with E-state index in [0.29, 0.717) is 23.5 Å². The van der Waals surface area contributed by atoms with Crippen LogP contribution in [0.4, 0.5) is 4.39 Å². The molecular weight excluding hydrogens is 305 g/mol. The van der Waals surface area contributed by atoms with Gasteiger partial charge in [-0.25, -0.2) is 4.39 Å². The predicted molar refractivity (Wildman–Crippen MR) is 90.2 cm³/mol. The van der Waals surface area contributed by atoms with Gasteiger partial charge in [0.1, 0.15) is 18.2 Å². The summed E-state index contributed by atoms with van der Waals surface area (Å²) in [6.45, 7) is 2.92. The minimum atomic E-state index is -0.286. The van der Waals surface area contributed by atoms with E-state index in [1.54, 1.807) is 18.6 Å². The highest BCUT2D eigenvalue weighted by molar-refractivity contribution is 5.72. The summed E-state index contributed by atoms with van der Waals surface area (Å²) in [6.07, 6.45) is 3.10. The number of nitrogens with zero attached hydrogens (tertiary/aromatic N) is 1. The fraction of sp³-hybridized carbons (Fsp3) is 0.200. The van der Waals surface area contributed by atoms with Gasteiger partial charge < -0.3 is 9.15 Å². The minimum Gasteiger partial charge on any atom is -0.491 e. The molecule has 1 aliphatic rings. The number of rotatable bonds is 3. The molecule has 0 N–H and O–H groups in total. The zero-order valence-electron chi connectivity index (χ0n) is 13.2. The lowest BCUT2D eigenvalue weighted by Gasteiger charge is -2.19. The van der Waals surface area contributed by atoms with E-state index in [-0.39, 0.29) is 5.82 Å². The second-order valence-electron chi connectivity index (χ2n) is 5.97. The molecule has 0 radical (unpaired) electrons. The van der Waals surface area contributed by atoms with Gasteiger partial charge >= 0.3 is 0 Å². The molecule has 2 heterocycles. The highest BCUT2D eigenvalue weighted by atomic mass is 19.1. The maximum Gasteiger partial charge on any atom is 0.134 e. The number of halogens is 1. The first-order valence-electron chi connectivity index (χ1n) is 8.04. The Hall–Kier alpha value is -2.59. The average molecular weight is 323 g/mol. The third-order valence-electron chi connectivity index (χ3n) is 4.30. The van der Waals surface area contributed by atoms with Crippen LogP contribution in [0, 0.1) is 5.82 Å². The van der Waals surface area contributed by atoms with E-state index in [2.05, 4.69) is 17.0 Å². The average Bonchev–Trinajstić information content (AvgIpc) is 3.04. The van der Waals surface area contributed by atoms with Gasteiger partial charge in [-0.3, -0.25) is 4.90 Å². The fourth-order valence-corrected chi connectivity index (χ4v) is 3.14. The summed E-state index contributed by atoms with van der Waals surface area (Å²) in [5.41, 5.74) is 3.46. The molecule has 2 aromatic carbocycles. The number of hydrogen-bond donors (Lipinski definition) is 0. The van der Waals surface area contributed by atoms with E-state index in [4.69, 9.17) is 9.15 Å². The molecule has 0 aliphatic carbocycles.